The van der Waals surface area contributed by atoms with E-state index >= 15 is 0 Å². The fourth-order valence-electron chi connectivity index (χ4n) is 1.40. The maximum Gasteiger partial charge on any atom is 0.356 e. The number of hydrogen-bond acceptors (Lipinski definition) is 5. The second-order valence-corrected chi connectivity index (χ2v) is 4.53. The average Bonchev–Trinajstić information content (AvgIpc) is 2.79. The van der Waals surface area contributed by atoms with Crippen LogP contribution >= 0.6 is 0 Å². The van der Waals surface area contributed by atoms with Crippen LogP contribution in [0, 0.1) is 0 Å². The second kappa shape index (κ2) is 10.3. The van der Waals surface area contributed by atoms with E-state index in [0.717, 1.165) is 25.3 Å². The van der Waals surface area contributed by atoms with Gasteiger partial charge in [0.1, 0.15) is 0 Å². The van der Waals surface area contributed by atoms with Crippen LogP contribution in [0.5, 0.6) is 0 Å². The van der Waals surface area contributed by atoms with Crippen molar-refractivity contribution in [2.75, 3.05) is 0 Å². The molecule has 0 aromatic heterocycles. The van der Waals surface area contributed by atoms with Crippen LogP contribution in [0.4, 0.5) is 0 Å². The zero-order valence-corrected chi connectivity index (χ0v) is 12.8. The van der Waals surface area contributed by atoms with E-state index in [1.165, 1.54) is 0 Å². The van der Waals surface area contributed by atoms with Crippen LogP contribution in [0.3, 0.4) is 0 Å². The highest BCUT2D eigenvalue weighted by Crippen LogP contribution is 2.11. The number of nitrogens with zero attached hydrogens (tertiary/aromatic N) is 1. The van der Waals surface area contributed by atoms with Crippen molar-refractivity contribution in [1.29, 1.82) is 0 Å². The van der Waals surface area contributed by atoms with Crippen LogP contribution in [0.15, 0.2) is 24.3 Å². The predicted molar refractivity (Wildman–Crippen MR) is 78.3 cm³/mol. The standard InChI is InChI=1S/C8H14O2.C7H7NO4/c1-3-4-5-6-7(2)8(9)10;1-2-7(11)12-8-5(9)3-4-6(8)10/h6H,3-5H2,1-2H3,(H,9,10);2H,1,3-4H2. The molecule has 1 fully saturated rings. The van der Waals surface area contributed by atoms with Gasteiger partial charge in [-0.05, 0) is 13.3 Å². The van der Waals surface area contributed by atoms with Gasteiger partial charge in [-0.15, -0.1) is 5.06 Å². The summed E-state index contributed by atoms with van der Waals surface area (Å²) in [6.07, 6.45) is 5.93. The molecular weight excluding hydrogens is 290 g/mol. The molecule has 7 heteroatoms. The molecule has 0 spiro atoms. The molecule has 0 aliphatic carbocycles. The fourth-order valence-corrected chi connectivity index (χ4v) is 1.40. The molecule has 1 aliphatic rings. The Morgan fingerprint density at radius 2 is 1.86 bits per heavy atom. The SMILES string of the molecule is C=CC(=O)ON1C(=O)CCC1=O.CCCCC=C(C)C(=O)O. The first-order valence-corrected chi connectivity index (χ1v) is 6.93. The molecule has 0 atom stereocenters. The highest BCUT2D eigenvalue weighted by molar-refractivity contribution is 6.02. The minimum absolute atomic E-state index is 0.100. The van der Waals surface area contributed by atoms with Gasteiger partial charge < -0.3 is 9.94 Å². The van der Waals surface area contributed by atoms with Gasteiger partial charge in [0.05, 0.1) is 0 Å². The monoisotopic (exact) mass is 311 g/mol. The van der Waals surface area contributed by atoms with Crippen molar-refractivity contribution in [2.24, 2.45) is 0 Å². The van der Waals surface area contributed by atoms with E-state index in [4.69, 9.17) is 5.11 Å². The number of carbonyl (C=O) groups is 4. The molecule has 7 nitrogen and oxygen atoms in total. The van der Waals surface area contributed by atoms with Gasteiger partial charge in [-0.1, -0.05) is 32.4 Å². The molecule has 0 aromatic rings. The van der Waals surface area contributed by atoms with E-state index in [0.29, 0.717) is 10.6 Å². The van der Waals surface area contributed by atoms with Gasteiger partial charge in [0.25, 0.3) is 11.8 Å². The van der Waals surface area contributed by atoms with Crippen molar-refractivity contribution in [3.05, 3.63) is 24.3 Å². The third-order valence-corrected chi connectivity index (χ3v) is 2.70. The number of imide groups is 1. The quantitative estimate of drug-likeness (QED) is 0.457. The van der Waals surface area contributed by atoms with Crippen molar-refractivity contribution in [3.8, 4) is 0 Å². The van der Waals surface area contributed by atoms with E-state index in [1.54, 1.807) is 13.0 Å². The number of aliphatic carboxylic acids is 1. The molecule has 1 saturated heterocycles. The lowest BCUT2D eigenvalue weighted by atomic mass is 10.2. The Morgan fingerprint density at radius 1 is 1.32 bits per heavy atom. The van der Waals surface area contributed by atoms with Crippen LogP contribution < -0.4 is 0 Å². The summed E-state index contributed by atoms with van der Waals surface area (Å²) < 4.78 is 0. The second-order valence-electron chi connectivity index (χ2n) is 4.53. The number of allylic oxidation sites excluding steroid dienone is 1. The molecule has 1 heterocycles. The van der Waals surface area contributed by atoms with Crippen molar-refractivity contribution in [2.45, 2.75) is 46.0 Å². The topological polar surface area (TPSA) is 101 Å². The number of unbranched alkanes of at least 4 members (excludes halogenated alkanes) is 2. The Hall–Kier alpha value is -2.44. The summed E-state index contributed by atoms with van der Waals surface area (Å²) in [6.45, 7) is 6.84. The van der Waals surface area contributed by atoms with Gasteiger partial charge in [0.2, 0.25) is 0 Å². The number of hydroxylamine groups is 2. The first kappa shape index (κ1) is 19.6. The summed E-state index contributed by atoms with van der Waals surface area (Å²) in [5, 5.41) is 8.89. The summed E-state index contributed by atoms with van der Waals surface area (Å²) in [6, 6.07) is 0. The van der Waals surface area contributed by atoms with Crippen molar-refractivity contribution in [1.82, 2.24) is 5.06 Å². The van der Waals surface area contributed by atoms with Crippen LogP contribution in [-0.2, 0) is 24.0 Å². The minimum atomic E-state index is -0.809. The van der Waals surface area contributed by atoms with Gasteiger partial charge in [0.15, 0.2) is 0 Å². The van der Waals surface area contributed by atoms with Crippen molar-refractivity contribution >= 4 is 23.8 Å². The fraction of sp³-hybridized carbons (Fsp3) is 0.467. The number of rotatable bonds is 6. The summed E-state index contributed by atoms with van der Waals surface area (Å²) in [5.41, 5.74) is 0.452. The predicted octanol–water partition coefficient (Wildman–Crippen LogP) is 1.99. The third-order valence-electron chi connectivity index (χ3n) is 2.70. The lowest BCUT2D eigenvalue weighted by Crippen LogP contribution is -2.31. The third kappa shape index (κ3) is 7.37. The molecule has 1 rings (SSSR count). The maximum absolute atomic E-state index is 10.8. The minimum Gasteiger partial charge on any atom is -0.478 e. The van der Waals surface area contributed by atoms with Gasteiger partial charge in [0, 0.05) is 24.5 Å². The number of carboxylic acid groups (broad SMARTS) is 1. The van der Waals surface area contributed by atoms with Crippen LogP contribution in [0.1, 0.15) is 46.0 Å². The summed E-state index contributed by atoms with van der Waals surface area (Å²) in [7, 11) is 0. The highest BCUT2D eigenvalue weighted by atomic mass is 16.7. The molecule has 0 unspecified atom stereocenters. The molecule has 0 bridgehead atoms. The number of hydrogen-bond donors (Lipinski definition) is 1. The number of amides is 2. The number of carboxylic acids is 1. The summed E-state index contributed by atoms with van der Waals surface area (Å²) in [4.78, 5) is 46.8. The Kier molecular flexibility index (Phi) is 9.17. The highest BCUT2D eigenvalue weighted by Gasteiger charge is 2.32. The molecule has 2 amide bonds. The molecule has 1 aliphatic heterocycles. The van der Waals surface area contributed by atoms with E-state index in [9.17, 15) is 19.2 Å². The molecule has 0 saturated carbocycles. The normalized spacial score (nSPS) is 14.3. The number of carbonyl (C=O) groups excluding carboxylic acids is 3. The van der Waals surface area contributed by atoms with E-state index < -0.39 is 23.8 Å². The molecule has 122 valence electrons. The Morgan fingerprint density at radius 3 is 2.27 bits per heavy atom. The van der Waals surface area contributed by atoms with Gasteiger partial charge in [-0.2, -0.15) is 0 Å². The first-order valence-electron chi connectivity index (χ1n) is 6.93. The zero-order valence-electron chi connectivity index (χ0n) is 12.8. The van der Waals surface area contributed by atoms with E-state index in [-0.39, 0.29) is 12.8 Å². The lowest BCUT2D eigenvalue weighted by molar-refractivity contribution is -0.193. The lowest BCUT2D eigenvalue weighted by Gasteiger charge is -2.09. The maximum atomic E-state index is 10.8. The largest absolute Gasteiger partial charge is 0.478 e. The molecule has 0 aromatic carbocycles. The average molecular weight is 311 g/mol. The summed E-state index contributed by atoms with van der Waals surface area (Å²) in [5.74, 6) is -2.60. The van der Waals surface area contributed by atoms with Crippen molar-refractivity contribution < 1.29 is 29.1 Å². The van der Waals surface area contributed by atoms with Crippen molar-refractivity contribution in [3.63, 3.8) is 0 Å². The van der Waals surface area contributed by atoms with Gasteiger partial charge in [-0.3, -0.25) is 9.59 Å². The van der Waals surface area contributed by atoms with E-state index in [1.807, 2.05) is 0 Å². The zero-order chi connectivity index (χ0) is 17.1. The summed E-state index contributed by atoms with van der Waals surface area (Å²) >= 11 is 0. The smallest absolute Gasteiger partial charge is 0.356 e. The molecule has 0 radical (unpaired) electrons. The van der Waals surface area contributed by atoms with Crippen LogP contribution in [0.25, 0.3) is 0 Å². The Bertz CT molecular complexity index is 464. The van der Waals surface area contributed by atoms with Gasteiger partial charge in [-0.25, -0.2) is 9.59 Å². The molecular formula is C15H21NO6. The Balaban J connectivity index is 0.000000409. The van der Waals surface area contributed by atoms with Gasteiger partial charge >= 0.3 is 11.9 Å². The Labute approximate surface area is 129 Å². The van der Waals surface area contributed by atoms with E-state index in [2.05, 4.69) is 18.3 Å². The molecule has 22 heavy (non-hydrogen) atoms. The molecule has 1 N–H and O–H groups in total. The van der Waals surface area contributed by atoms with Crippen LogP contribution in [0.2, 0.25) is 0 Å². The first-order chi connectivity index (χ1) is 10.3. The van der Waals surface area contributed by atoms with Crippen LogP contribution in [-0.4, -0.2) is 33.9 Å².